The maximum atomic E-state index is 2.89. The maximum Gasteiger partial charge on any atom is 1.00 e. The van der Waals surface area contributed by atoms with Gasteiger partial charge in [-0.2, -0.15) is 58.2 Å². The van der Waals surface area contributed by atoms with Gasteiger partial charge in [-0.15, -0.1) is 0 Å². The van der Waals surface area contributed by atoms with E-state index in [9.17, 15) is 0 Å². The van der Waals surface area contributed by atoms with Crippen molar-refractivity contribution in [3.63, 3.8) is 0 Å². The molecule has 0 spiro atoms. The molecule has 4 heterocycles. The van der Waals surface area contributed by atoms with Gasteiger partial charge < -0.3 is 0 Å². The average Bonchev–Trinajstić information content (AvgIpc) is 3.04. The van der Waals surface area contributed by atoms with Crippen LogP contribution in [0.5, 0.6) is 0 Å². The predicted octanol–water partition coefficient (Wildman–Crippen LogP) is 4.85. The number of benzene rings is 5. The first-order valence-corrected chi connectivity index (χ1v) is 16.8. The van der Waals surface area contributed by atoms with E-state index in [1.807, 2.05) is 30.3 Å². The zero-order chi connectivity index (χ0) is 28.7. The third kappa shape index (κ3) is 7.31. The average molecular weight is 766 g/mol. The molecule has 4 saturated heterocycles. The van der Waals surface area contributed by atoms with Crippen molar-refractivity contribution in [3.8, 4) is 0 Å². The summed E-state index contributed by atoms with van der Waals surface area (Å²) in [6.45, 7) is 3.89. The van der Waals surface area contributed by atoms with Crippen molar-refractivity contribution >= 4 is 35.9 Å². The van der Waals surface area contributed by atoms with Gasteiger partial charge in [0.25, 0.3) is 0 Å². The first kappa shape index (κ1) is 31.6. The van der Waals surface area contributed by atoms with Gasteiger partial charge in [0.1, 0.15) is 25.8 Å². The zero-order valence-electron chi connectivity index (χ0n) is 24.8. The molecule has 43 heavy (non-hydrogen) atoms. The molecule has 0 aliphatic carbocycles. The molecular weight excluding hydrogens is 725 g/mol. The van der Waals surface area contributed by atoms with Crippen molar-refractivity contribution in [1.29, 1.82) is 0 Å². The fraction of sp³-hybridized carbons (Fsp3) is 0.189. The monoisotopic (exact) mass is 765 g/mol. The third-order valence-electron chi connectivity index (χ3n) is 8.63. The molecule has 4 aliphatic heterocycles. The van der Waals surface area contributed by atoms with Gasteiger partial charge in [0, 0.05) is 12.6 Å². The smallest absolute Gasteiger partial charge is 0.297 e. The van der Waals surface area contributed by atoms with Crippen molar-refractivity contribution in [3.05, 3.63) is 158 Å². The van der Waals surface area contributed by atoms with Crippen LogP contribution in [0.1, 0.15) is 0 Å². The van der Waals surface area contributed by atoms with Crippen molar-refractivity contribution in [2.45, 2.75) is 0 Å². The van der Waals surface area contributed by atoms with E-state index in [0.717, 1.165) is 0 Å². The van der Waals surface area contributed by atoms with Gasteiger partial charge >= 0.3 is 22.4 Å². The molecule has 3 nitrogen and oxygen atoms in total. The van der Waals surface area contributed by atoms with Crippen LogP contribution in [0.25, 0.3) is 0 Å². The molecular formula is C37H40AuBN3P. The van der Waals surface area contributed by atoms with Crippen LogP contribution in [0.3, 0.4) is 0 Å². The Kier molecular flexibility index (Phi) is 10.9. The molecule has 0 amide bonds. The van der Waals surface area contributed by atoms with Gasteiger partial charge in [-0.25, -0.2) is 9.80 Å². The molecule has 9 rings (SSSR count). The van der Waals surface area contributed by atoms with Crippen molar-refractivity contribution in [2.24, 2.45) is 0 Å². The Morgan fingerprint density at radius 2 is 0.907 bits per heavy atom. The van der Waals surface area contributed by atoms with E-state index in [2.05, 4.69) is 144 Å². The summed E-state index contributed by atoms with van der Waals surface area (Å²) in [5, 5.41) is 0. The summed E-state index contributed by atoms with van der Waals surface area (Å²) in [4.78, 5) is 5.25. The van der Waals surface area contributed by atoms with Crippen LogP contribution in [-0.2, 0) is 22.4 Å². The molecule has 0 aromatic heterocycles. The van der Waals surface area contributed by atoms with E-state index in [-0.39, 0.29) is 22.4 Å². The number of hydrogen-bond acceptors (Lipinski definition) is 2. The number of nitrogens with zero attached hydrogens (tertiary/aromatic N) is 3. The summed E-state index contributed by atoms with van der Waals surface area (Å²) in [5.41, 5.74) is 5.36. The van der Waals surface area contributed by atoms with E-state index >= 15 is 0 Å². The van der Waals surface area contributed by atoms with Crippen LogP contribution in [-0.4, -0.2) is 66.3 Å². The molecule has 5 aromatic rings. The SMILES string of the molecule is C[N+]12CN3CN(CP(C3)C1)C2.[Au+].[c-]1ccccc1.c1ccc([B-](c2ccccc2)(c2ccccc2)c2ccccc2)cc1. The summed E-state index contributed by atoms with van der Waals surface area (Å²) in [6.07, 6.45) is 3.13. The summed E-state index contributed by atoms with van der Waals surface area (Å²) < 4.78 is 1.31. The van der Waals surface area contributed by atoms with Gasteiger partial charge in [0.05, 0.1) is 13.7 Å². The first-order valence-electron chi connectivity index (χ1n) is 15.0. The standard InChI is InChI=1S/C24H20B.C7H15N3P.C6H5.Au/c1-5-13-21(14-6-1)25(22-15-7-2-8-16-22,23-17-9-3-10-18-23)24-19-11-4-12-20-24;1-10-3-8-2-9(4-10)6-11(5-8)7-10;1-2-4-6-5-3-1;/h1-20H;2-7H2,1H3;1-5H;/q-1;+1;-1;+1. The van der Waals surface area contributed by atoms with Crippen LogP contribution in [0.15, 0.2) is 152 Å². The fourth-order valence-corrected chi connectivity index (χ4v) is 10.2. The van der Waals surface area contributed by atoms with E-state index in [4.69, 9.17) is 0 Å². The second-order valence-electron chi connectivity index (χ2n) is 12.1. The molecule has 6 heteroatoms. The number of rotatable bonds is 4. The van der Waals surface area contributed by atoms with E-state index in [1.54, 1.807) is 0 Å². The van der Waals surface area contributed by atoms with Crippen LogP contribution >= 0.6 is 7.92 Å². The second kappa shape index (κ2) is 14.8. The van der Waals surface area contributed by atoms with Crippen molar-refractivity contribution in [2.75, 3.05) is 45.9 Å². The molecule has 222 valence electrons. The van der Waals surface area contributed by atoms with Gasteiger partial charge in [0.15, 0.2) is 0 Å². The second-order valence-corrected chi connectivity index (χ2v) is 14.3. The van der Waals surface area contributed by atoms with E-state index in [1.165, 1.54) is 65.2 Å². The minimum Gasteiger partial charge on any atom is -0.297 e. The Morgan fingerprint density at radius 1 is 0.558 bits per heavy atom. The molecule has 0 N–H and O–H groups in total. The van der Waals surface area contributed by atoms with Crippen LogP contribution in [0.4, 0.5) is 0 Å². The predicted molar refractivity (Wildman–Crippen MR) is 181 cm³/mol. The largest absolute Gasteiger partial charge is 1.00 e. The quantitative estimate of drug-likeness (QED) is 0.112. The molecule has 0 saturated carbocycles. The van der Waals surface area contributed by atoms with Crippen LogP contribution < -0.4 is 21.9 Å². The Bertz CT molecular complexity index is 1280. The van der Waals surface area contributed by atoms with Crippen molar-refractivity contribution in [1.82, 2.24) is 9.80 Å². The topological polar surface area (TPSA) is 6.48 Å². The summed E-state index contributed by atoms with van der Waals surface area (Å²) in [6, 6.07) is 56.0. The zero-order valence-corrected chi connectivity index (χ0v) is 27.9. The number of hydrogen-bond donors (Lipinski definition) is 0. The summed E-state index contributed by atoms with van der Waals surface area (Å²) in [5.74, 6) is 0. The Hall–Kier alpha value is -2.78. The molecule has 5 aromatic carbocycles. The van der Waals surface area contributed by atoms with Crippen LogP contribution in [0, 0.1) is 6.07 Å². The molecule has 4 bridgehead atoms. The molecule has 2 unspecified atom stereocenters. The molecule has 4 fully saturated rings. The minimum absolute atomic E-state index is 0. The third-order valence-corrected chi connectivity index (χ3v) is 11.3. The van der Waals surface area contributed by atoms with E-state index in [0.29, 0.717) is 7.92 Å². The Labute approximate surface area is 274 Å². The fourth-order valence-electron chi connectivity index (χ4n) is 7.30. The van der Waals surface area contributed by atoms with Crippen molar-refractivity contribution < 1.29 is 26.9 Å². The molecule has 2 atom stereocenters. The van der Waals surface area contributed by atoms with Crippen LogP contribution in [0.2, 0.25) is 0 Å². The van der Waals surface area contributed by atoms with Gasteiger partial charge in [0.2, 0.25) is 0 Å². The van der Waals surface area contributed by atoms with Gasteiger partial charge in [-0.1, -0.05) is 121 Å². The Morgan fingerprint density at radius 3 is 1.16 bits per heavy atom. The molecule has 4 aliphatic rings. The minimum atomic E-state index is -1.22. The van der Waals surface area contributed by atoms with Gasteiger partial charge in [-0.05, 0) is 7.92 Å². The normalized spacial score (nSPS) is 23.0. The molecule has 0 radical (unpaired) electrons. The van der Waals surface area contributed by atoms with E-state index < -0.39 is 6.15 Å². The Balaban J connectivity index is 0.000000166. The van der Waals surface area contributed by atoms with Gasteiger partial charge in [-0.3, -0.25) is 4.48 Å². The summed E-state index contributed by atoms with van der Waals surface area (Å²) in [7, 11) is 2.77. The first-order chi connectivity index (χ1) is 20.7. The number of quaternary nitrogens is 1. The summed E-state index contributed by atoms with van der Waals surface area (Å²) >= 11 is 0. The maximum absolute atomic E-state index is 2.89.